The van der Waals surface area contributed by atoms with Gasteiger partial charge in [0.15, 0.2) is 0 Å². The standard InChI is InChI=1S/C20H39N2O2/c1-21(2)13-17-24-18-16-22(14-6-7-15-22)20(23)12-8-11-19-9-4-3-5-10-19/h19H,3-18H2,1-2H3/q+1. The molecule has 1 amide bonds. The number of amides is 1. The summed E-state index contributed by atoms with van der Waals surface area (Å²) in [5.74, 6) is 1.38. The summed E-state index contributed by atoms with van der Waals surface area (Å²) >= 11 is 0. The van der Waals surface area contributed by atoms with Crippen LogP contribution in [0.5, 0.6) is 0 Å². The second kappa shape index (κ2) is 10.5. The summed E-state index contributed by atoms with van der Waals surface area (Å²) in [6, 6.07) is 0. The Bertz CT molecular complexity index is 359. The zero-order valence-corrected chi connectivity index (χ0v) is 16.1. The molecule has 1 aliphatic heterocycles. The van der Waals surface area contributed by atoms with E-state index in [-0.39, 0.29) is 0 Å². The molecule has 2 aliphatic rings. The summed E-state index contributed by atoms with van der Waals surface area (Å²) in [6.07, 6.45) is 12.6. The number of quaternary nitrogens is 1. The molecule has 4 nitrogen and oxygen atoms in total. The number of likely N-dealkylation sites (tertiary alicyclic amines) is 1. The molecule has 0 spiro atoms. The number of hydrogen-bond acceptors (Lipinski definition) is 3. The zero-order chi connectivity index (χ0) is 17.3. The van der Waals surface area contributed by atoms with Gasteiger partial charge in [-0.05, 0) is 32.9 Å². The Balaban J connectivity index is 1.68. The van der Waals surface area contributed by atoms with Crippen molar-refractivity contribution in [3.8, 4) is 0 Å². The van der Waals surface area contributed by atoms with Crippen molar-refractivity contribution in [1.29, 1.82) is 0 Å². The van der Waals surface area contributed by atoms with Crippen LogP contribution in [-0.4, -0.2) is 68.8 Å². The van der Waals surface area contributed by atoms with Crippen LogP contribution in [0.15, 0.2) is 0 Å². The topological polar surface area (TPSA) is 29.5 Å². The first-order valence-electron chi connectivity index (χ1n) is 10.2. The van der Waals surface area contributed by atoms with Crippen LogP contribution >= 0.6 is 0 Å². The number of rotatable bonds is 10. The van der Waals surface area contributed by atoms with E-state index < -0.39 is 0 Å². The van der Waals surface area contributed by atoms with Gasteiger partial charge in [-0.1, -0.05) is 32.1 Å². The van der Waals surface area contributed by atoms with Gasteiger partial charge >= 0.3 is 5.91 Å². The maximum Gasteiger partial charge on any atom is 0.313 e. The van der Waals surface area contributed by atoms with Crippen LogP contribution in [0.4, 0.5) is 0 Å². The van der Waals surface area contributed by atoms with Crippen molar-refractivity contribution in [1.82, 2.24) is 4.90 Å². The summed E-state index contributed by atoms with van der Waals surface area (Å²) in [4.78, 5) is 15.0. The molecule has 24 heavy (non-hydrogen) atoms. The number of carbonyl (C=O) groups excluding carboxylic acids is 1. The van der Waals surface area contributed by atoms with Gasteiger partial charge in [-0.25, -0.2) is 4.79 Å². The van der Waals surface area contributed by atoms with E-state index in [9.17, 15) is 4.79 Å². The van der Waals surface area contributed by atoms with Crippen LogP contribution in [0, 0.1) is 5.92 Å². The monoisotopic (exact) mass is 339 g/mol. The number of ether oxygens (including phenoxy) is 1. The lowest BCUT2D eigenvalue weighted by atomic mass is 9.86. The number of likely N-dealkylation sites (N-methyl/N-ethyl adjacent to an activating group) is 1. The highest BCUT2D eigenvalue weighted by atomic mass is 16.5. The summed E-state index contributed by atoms with van der Waals surface area (Å²) in [5.41, 5.74) is 0. The lowest BCUT2D eigenvalue weighted by Crippen LogP contribution is -2.52. The van der Waals surface area contributed by atoms with Gasteiger partial charge in [0.25, 0.3) is 0 Å². The van der Waals surface area contributed by atoms with Crippen molar-refractivity contribution in [3.05, 3.63) is 0 Å². The van der Waals surface area contributed by atoms with Crippen molar-refractivity contribution in [2.45, 2.75) is 64.2 Å². The molecule has 0 atom stereocenters. The van der Waals surface area contributed by atoms with Crippen molar-refractivity contribution < 1.29 is 14.0 Å². The molecule has 1 heterocycles. The van der Waals surface area contributed by atoms with Gasteiger partial charge in [-0.2, -0.15) is 0 Å². The molecule has 0 unspecified atom stereocenters. The molecule has 1 aliphatic carbocycles. The van der Waals surface area contributed by atoms with Gasteiger partial charge in [0.1, 0.15) is 6.54 Å². The Morgan fingerprint density at radius 2 is 1.75 bits per heavy atom. The van der Waals surface area contributed by atoms with Crippen molar-refractivity contribution in [2.24, 2.45) is 5.92 Å². The smallest absolute Gasteiger partial charge is 0.313 e. The molecule has 1 saturated heterocycles. The number of carbonyl (C=O) groups is 1. The van der Waals surface area contributed by atoms with Crippen LogP contribution < -0.4 is 0 Å². The molecule has 0 aromatic rings. The first-order chi connectivity index (χ1) is 11.6. The molecule has 4 heteroatoms. The van der Waals surface area contributed by atoms with Crippen molar-refractivity contribution in [2.75, 3.05) is 53.5 Å². The van der Waals surface area contributed by atoms with Crippen molar-refractivity contribution in [3.63, 3.8) is 0 Å². The van der Waals surface area contributed by atoms with Gasteiger partial charge < -0.3 is 9.64 Å². The van der Waals surface area contributed by atoms with Gasteiger partial charge in [0.05, 0.1) is 32.7 Å². The van der Waals surface area contributed by atoms with E-state index in [1.807, 2.05) is 0 Å². The molecule has 2 fully saturated rings. The van der Waals surface area contributed by atoms with Gasteiger partial charge in [0.2, 0.25) is 0 Å². The quantitative estimate of drug-likeness (QED) is 0.451. The van der Waals surface area contributed by atoms with E-state index in [0.717, 1.165) is 58.2 Å². The normalized spacial score (nSPS) is 21.5. The average Bonchev–Trinajstić information content (AvgIpc) is 3.05. The summed E-state index contributed by atoms with van der Waals surface area (Å²) in [6.45, 7) is 5.41. The lowest BCUT2D eigenvalue weighted by Gasteiger charge is -2.31. The van der Waals surface area contributed by atoms with Crippen LogP contribution in [-0.2, 0) is 9.53 Å². The van der Waals surface area contributed by atoms with Gasteiger partial charge in [0, 0.05) is 19.4 Å². The molecule has 0 N–H and O–H groups in total. The molecule has 0 aromatic heterocycles. The molecule has 140 valence electrons. The van der Waals surface area contributed by atoms with Crippen LogP contribution in [0.1, 0.15) is 64.2 Å². The third-order valence-corrected chi connectivity index (χ3v) is 6.03. The second-order valence-corrected chi connectivity index (χ2v) is 8.23. The maximum atomic E-state index is 12.9. The Kier molecular flexibility index (Phi) is 8.71. The second-order valence-electron chi connectivity index (χ2n) is 8.23. The minimum absolute atomic E-state index is 0.486. The van der Waals surface area contributed by atoms with Crippen LogP contribution in [0.3, 0.4) is 0 Å². The minimum Gasteiger partial charge on any atom is -0.374 e. The van der Waals surface area contributed by atoms with E-state index >= 15 is 0 Å². The predicted molar refractivity (Wildman–Crippen MR) is 98.9 cm³/mol. The largest absolute Gasteiger partial charge is 0.374 e. The number of hydrogen-bond donors (Lipinski definition) is 0. The predicted octanol–water partition coefficient (Wildman–Crippen LogP) is 3.45. The Morgan fingerprint density at radius 3 is 2.42 bits per heavy atom. The van der Waals surface area contributed by atoms with E-state index in [2.05, 4.69) is 19.0 Å². The molecule has 2 rings (SSSR count). The third kappa shape index (κ3) is 6.45. The molecule has 1 saturated carbocycles. The van der Waals surface area contributed by atoms with E-state index in [4.69, 9.17) is 4.74 Å². The lowest BCUT2D eigenvalue weighted by molar-refractivity contribution is -0.843. The van der Waals surface area contributed by atoms with Crippen LogP contribution in [0.2, 0.25) is 0 Å². The Hall–Kier alpha value is -0.450. The summed E-state index contributed by atoms with van der Waals surface area (Å²) in [5, 5.41) is 0. The average molecular weight is 340 g/mol. The highest BCUT2D eigenvalue weighted by Gasteiger charge is 2.38. The van der Waals surface area contributed by atoms with E-state index in [0.29, 0.717) is 10.4 Å². The zero-order valence-electron chi connectivity index (χ0n) is 16.1. The highest BCUT2D eigenvalue weighted by Crippen LogP contribution is 2.29. The van der Waals surface area contributed by atoms with E-state index in [1.165, 1.54) is 51.4 Å². The molecular weight excluding hydrogens is 300 g/mol. The molecular formula is C20H39N2O2+. The molecule has 0 bridgehead atoms. The minimum atomic E-state index is 0.486. The maximum absolute atomic E-state index is 12.9. The van der Waals surface area contributed by atoms with Gasteiger partial charge in [-0.15, -0.1) is 0 Å². The SMILES string of the molecule is CN(C)CCOCC[N+]1(C(=O)CCCC2CCCCC2)CCCC1. The fourth-order valence-electron chi connectivity index (χ4n) is 4.38. The molecule has 0 radical (unpaired) electrons. The third-order valence-electron chi connectivity index (χ3n) is 6.03. The fraction of sp³-hybridized carbons (Fsp3) is 0.950. The fourth-order valence-corrected chi connectivity index (χ4v) is 4.38. The summed E-state index contributed by atoms with van der Waals surface area (Å²) in [7, 11) is 4.13. The number of nitrogens with zero attached hydrogens (tertiary/aromatic N) is 2. The van der Waals surface area contributed by atoms with E-state index in [1.54, 1.807) is 0 Å². The molecule has 0 aromatic carbocycles. The Labute approximate surface area is 149 Å². The van der Waals surface area contributed by atoms with Crippen molar-refractivity contribution >= 4 is 5.91 Å². The Morgan fingerprint density at radius 1 is 1.04 bits per heavy atom. The van der Waals surface area contributed by atoms with Crippen LogP contribution in [0.25, 0.3) is 0 Å². The highest BCUT2D eigenvalue weighted by molar-refractivity contribution is 5.69. The first kappa shape index (κ1) is 19.9. The summed E-state index contributed by atoms with van der Waals surface area (Å²) < 4.78 is 6.47. The first-order valence-corrected chi connectivity index (χ1v) is 10.2. The van der Waals surface area contributed by atoms with Gasteiger partial charge in [-0.3, -0.25) is 4.48 Å².